The molecule has 4 nitrogen and oxygen atoms in total. The van der Waals surface area contributed by atoms with Crippen LogP contribution in [0.5, 0.6) is 0 Å². The standard InChI is InChI=1S/C20H26FN3O.HI/c1-3-22-20(23-13-16-8-7-11-19(21)12-16)24-14-17-9-5-6-10-18(17)15-25-4-2;/h5-12H,3-4,13-15H2,1-2H3,(H2,22,23,24);1H. The molecule has 0 heterocycles. The second-order valence-electron chi connectivity index (χ2n) is 5.58. The van der Waals surface area contributed by atoms with Gasteiger partial charge in [-0.25, -0.2) is 9.38 Å². The van der Waals surface area contributed by atoms with Gasteiger partial charge in [-0.15, -0.1) is 24.0 Å². The molecule has 0 saturated carbocycles. The van der Waals surface area contributed by atoms with E-state index in [1.165, 1.54) is 17.7 Å². The van der Waals surface area contributed by atoms with Crippen LogP contribution < -0.4 is 10.6 Å². The lowest BCUT2D eigenvalue weighted by Gasteiger charge is -2.14. The van der Waals surface area contributed by atoms with E-state index < -0.39 is 0 Å². The Morgan fingerprint density at radius 2 is 1.81 bits per heavy atom. The fourth-order valence-corrected chi connectivity index (χ4v) is 2.41. The zero-order valence-corrected chi connectivity index (χ0v) is 17.6. The van der Waals surface area contributed by atoms with E-state index in [4.69, 9.17) is 4.74 Å². The number of hydrogen-bond acceptors (Lipinski definition) is 2. The molecule has 26 heavy (non-hydrogen) atoms. The largest absolute Gasteiger partial charge is 0.377 e. The molecular formula is C20H27FIN3O. The minimum Gasteiger partial charge on any atom is -0.377 e. The SMILES string of the molecule is CCNC(=NCc1cccc(F)c1)NCc1ccccc1COCC.I. The van der Waals surface area contributed by atoms with Crippen molar-refractivity contribution in [1.82, 2.24) is 10.6 Å². The first kappa shape index (κ1) is 22.4. The van der Waals surface area contributed by atoms with Gasteiger partial charge in [0.25, 0.3) is 0 Å². The van der Waals surface area contributed by atoms with Crippen LogP contribution in [0.3, 0.4) is 0 Å². The van der Waals surface area contributed by atoms with Gasteiger partial charge in [-0.1, -0.05) is 36.4 Å². The summed E-state index contributed by atoms with van der Waals surface area (Å²) in [7, 11) is 0. The molecular weight excluding hydrogens is 444 g/mol. The van der Waals surface area contributed by atoms with E-state index in [0.29, 0.717) is 32.3 Å². The van der Waals surface area contributed by atoms with Crippen molar-refractivity contribution in [2.45, 2.75) is 33.5 Å². The molecule has 0 fully saturated rings. The fraction of sp³-hybridized carbons (Fsp3) is 0.350. The Labute approximate surface area is 172 Å². The predicted octanol–water partition coefficient (Wildman–Crippen LogP) is 4.24. The van der Waals surface area contributed by atoms with E-state index in [1.807, 2.05) is 32.0 Å². The highest BCUT2D eigenvalue weighted by Crippen LogP contribution is 2.10. The van der Waals surface area contributed by atoms with E-state index >= 15 is 0 Å². The van der Waals surface area contributed by atoms with Crippen molar-refractivity contribution in [3.8, 4) is 0 Å². The van der Waals surface area contributed by atoms with Gasteiger partial charge in [0.2, 0.25) is 0 Å². The Kier molecular flexibility index (Phi) is 10.9. The maximum atomic E-state index is 13.3. The average molecular weight is 471 g/mol. The van der Waals surface area contributed by atoms with Gasteiger partial charge in [0.15, 0.2) is 5.96 Å². The zero-order valence-electron chi connectivity index (χ0n) is 15.3. The number of halogens is 2. The summed E-state index contributed by atoms with van der Waals surface area (Å²) < 4.78 is 18.8. The minimum absolute atomic E-state index is 0. The third-order valence-corrected chi connectivity index (χ3v) is 3.68. The molecule has 0 unspecified atom stereocenters. The first-order chi connectivity index (χ1) is 12.2. The van der Waals surface area contributed by atoms with Gasteiger partial charge in [-0.3, -0.25) is 0 Å². The van der Waals surface area contributed by atoms with Crippen molar-refractivity contribution in [1.29, 1.82) is 0 Å². The van der Waals surface area contributed by atoms with Crippen LogP contribution in [0.15, 0.2) is 53.5 Å². The molecule has 0 bridgehead atoms. The Morgan fingerprint density at radius 1 is 1.04 bits per heavy atom. The van der Waals surface area contributed by atoms with Gasteiger partial charge in [0, 0.05) is 19.7 Å². The van der Waals surface area contributed by atoms with Crippen molar-refractivity contribution in [2.24, 2.45) is 4.99 Å². The van der Waals surface area contributed by atoms with Crippen molar-refractivity contribution in [3.05, 3.63) is 71.0 Å². The molecule has 0 aliphatic heterocycles. The predicted molar refractivity (Wildman–Crippen MR) is 115 cm³/mol. The maximum absolute atomic E-state index is 13.3. The summed E-state index contributed by atoms with van der Waals surface area (Å²) in [6.45, 7) is 7.14. The summed E-state index contributed by atoms with van der Waals surface area (Å²) in [6, 6.07) is 14.7. The van der Waals surface area contributed by atoms with Crippen LogP contribution in [0.4, 0.5) is 4.39 Å². The monoisotopic (exact) mass is 471 g/mol. The molecule has 6 heteroatoms. The van der Waals surface area contributed by atoms with Gasteiger partial charge in [-0.2, -0.15) is 0 Å². The van der Waals surface area contributed by atoms with Gasteiger partial charge in [0.1, 0.15) is 5.82 Å². The Hall–Kier alpha value is -1.67. The van der Waals surface area contributed by atoms with Crippen LogP contribution >= 0.6 is 24.0 Å². The van der Waals surface area contributed by atoms with Crippen LogP contribution in [0.25, 0.3) is 0 Å². The topological polar surface area (TPSA) is 45.7 Å². The van der Waals surface area contributed by atoms with E-state index in [2.05, 4.69) is 27.8 Å². The number of aliphatic imine (C=N–C) groups is 1. The molecule has 2 N–H and O–H groups in total. The number of benzene rings is 2. The molecule has 0 atom stereocenters. The van der Waals surface area contributed by atoms with Gasteiger partial charge < -0.3 is 15.4 Å². The summed E-state index contributed by atoms with van der Waals surface area (Å²) in [5.41, 5.74) is 3.18. The van der Waals surface area contributed by atoms with Gasteiger partial charge in [0.05, 0.1) is 13.2 Å². The number of rotatable bonds is 8. The van der Waals surface area contributed by atoms with Crippen LogP contribution in [-0.2, 0) is 24.4 Å². The van der Waals surface area contributed by atoms with Crippen molar-refractivity contribution < 1.29 is 9.13 Å². The average Bonchev–Trinajstić information content (AvgIpc) is 2.63. The zero-order chi connectivity index (χ0) is 17.9. The van der Waals surface area contributed by atoms with Crippen molar-refractivity contribution in [3.63, 3.8) is 0 Å². The van der Waals surface area contributed by atoms with Crippen molar-refractivity contribution >= 4 is 29.9 Å². The Balaban J connectivity index is 0.00000338. The summed E-state index contributed by atoms with van der Waals surface area (Å²) in [5, 5.41) is 6.54. The summed E-state index contributed by atoms with van der Waals surface area (Å²) in [6.07, 6.45) is 0. The molecule has 2 aromatic carbocycles. The highest BCUT2D eigenvalue weighted by Gasteiger charge is 2.04. The second-order valence-corrected chi connectivity index (χ2v) is 5.58. The van der Waals surface area contributed by atoms with Crippen LogP contribution in [-0.4, -0.2) is 19.1 Å². The number of nitrogens with one attached hydrogen (secondary N) is 2. The summed E-state index contributed by atoms with van der Waals surface area (Å²) in [4.78, 5) is 4.53. The Bertz CT molecular complexity index is 694. The van der Waals surface area contributed by atoms with E-state index in [1.54, 1.807) is 6.07 Å². The fourth-order valence-electron chi connectivity index (χ4n) is 2.41. The number of nitrogens with zero attached hydrogens (tertiary/aromatic N) is 1. The highest BCUT2D eigenvalue weighted by molar-refractivity contribution is 14.0. The van der Waals surface area contributed by atoms with Crippen LogP contribution in [0.1, 0.15) is 30.5 Å². The normalized spacial score (nSPS) is 11.0. The molecule has 2 rings (SSSR count). The van der Waals surface area contributed by atoms with E-state index in [9.17, 15) is 4.39 Å². The lowest BCUT2D eigenvalue weighted by Crippen LogP contribution is -2.37. The molecule has 0 radical (unpaired) electrons. The molecule has 2 aromatic rings. The van der Waals surface area contributed by atoms with Crippen LogP contribution in [0.2, 0.25) is 0 Å². The number of hydrogen-bond donors (Lipinski definition) is 2. The molecule has 0 aliphatic carbocycles. The minimum atomic E-state index is -0.240. The molecule has 0 saturated heterocycles. The molecule has 142 valence electrons. The lowest BCUT2D eigenvalue weighted by molar-refractivity contribution is 0.133. The summed E-state index contributed by atoms with van der Waals surface area (Å²) >= 11 is 0. The molecule has 0 aromatic heterocycles. The Morgan fingerprint density at radius 3 is 2.50 bits per heavy atom. The van der Waals surface area contributed by atoms with E-state index in [0.717, 1.165) is 17.7 Å². The van der Waals surface area contributed by atoms with E-state index in [-0.39, 0.29) is 29.8 Å². The third-order valence-electron chi connectivity index (χ3n) is 3.68. The summed E-state index contributed by atoms with van der Waals surface area (Å²) in [5.74, 6) is 0.466. The number of guanidine groups is 1. The molecule has 0 aliphatic rings. The highest BCUT2D eigenvalue weighted by atomic mass is 127. The molecule has 0 spiro atoms. The third kappa shape index (κ3) is 7.70. The van der Waals surface area contributed by atoms with Gasteiger partial charge >= 0.3 is 0 Å². The lowest BCUT2D eigenvalue weighted by atomic mass is 10.1. The van der Waals surface area contributed by atoms with Crippen LogP contribution in [0, 0.1) is 5.82 Å². The van der Waals surface area contributed by atoms with Gasteiger partial charge in [-0.05, 0) is 42.7 Å². The van der Waals surface area contributed by atoms with Crippen molar-refractivity contribution in [2.75, 3.05) is 13.2 Å². The first-order valence-electron chi connectivity index (χ1n) is 8.64. The number of ether oxygens (including phenoxy) is 1. The second kappa shape index (κ2) is 12.6. The maximum Gasteiger partial charge on any atom is 0.191 e. The molecule has 0 amide bonds. The first-order valence-corrected chi connectivity index (χ1v) is 8.64. The smallest absolute Gasteiger partial charge is 0.191 e. The quantitative estimate of drug-likeness (QED) is 0.344.